The molecule has 3 aromatic carbocycles. The Morgan fingerprint density at radius 2 is 1.23 bits per heavy atom. The lowest BCUT2D eigenvalue weighted by Crippen LogP contribution is -2.68. The van der Waals surface area contributed by atoms with Crippen LogP contribution in [-0.4, -0.2) is 25.8 Å². The number of aliphatic hydroxyl groups is 1. The van der Waals surface area contributed by atoms with Crippen molar-refractivity contribution in [3.63, 3.8) is 0 Å². The predicted octanol–water partition coefficient (Wildman–Crippen LogP) is 4.06. The van der Waals surface area contributed by atoms with Gasteiger partial charge in [0.1, 0.15) is 0 Å². The molecule has 30 heavy (non-hydrogen) atoms. The minimum atomic E-state index is -2.77. The maximum Gasteiger partial charge on any atom is 0.264 e. The number of aliphatic hydroxyl groups excluding tert-OH is 1. The highest BCUT2D eigenvalue weighted by Crippen LogP contribution is 2.37. The Labute approximate surface area is 181 Å². The third-order valence-corrected chi connectivity index (χ3v) is 10.6. The summed E-state index contributed by atoms with van der Waals surface area (Å²) in [6, 6.07) is 30.8. The van der Waals surface area contributed by atoms with E-state index in [9.17, 15) is 5.11 Å². The lowest BCUT2D eigenvalue weighted by molar-refractivity contribution is -0.0489. The van der Waals surface area contributed by atoms with E-state index in [0.29, 0.717) is 6.54 Å². The van der Waals surface area contributed by atoms with Crippen LogP contribution in [0.1, 0.15) is 33.3 Å². The molecule has 3 aromatic rings. The molecule has 158 valence electrons. The first-order chi connectivity index (χ1) is 14.3. The fraction of sp³-hybridized carbons (Fsp3) is 0.308. The van der Waals surface area contributed by atoms with E-state index in [-0.39, 0.29) is 11.1 Å². The minimum Gasteiger partial charge on any atom is -0.382 e. The van der Waals surface area contributed by atoms with Crippen molar-refractivity contribution in [2.45, 2.75) is 51.6 Å². The lowest BCUT2D eigenvalue weighted by atomic mass is 10.2. The van der Waals surface area contributed by atoms with Crippen LogP contribution in [0.3, 0.4) is 0 Å². The van der Waals surface area contributed by atoms with Gasteiger partial charge in [-0.3, -0.25) is 0 Å². The summed E-state index contributed by atoms with van der Waals surface area (Å²) < 4.78 is 6.76. The van der Waals surface area contributed by atoms with Crippen molar-refractivity contribution >= 4 is 18.7 Å². The molecule has 2 N–H and O–H groups in total. The fourth-order valence-corrected chi connectivity index (χ4v) is 8.53. The Morgan fingerprint density at radius 3 is 1.67 bits per heavy atom. The molecule has 0 radical (unpaired) electrons. The van der Waals surface area contributed by atoms with Crippen LogP contribution in [0.5, 0.6) is 0 Å². The summed E-state index contributed by atoms with van der Waals surface area (Å²) in [5, 5.41) is 16.7. The molecule has 2 unspecified atom stereocenters. The van der Waals surface area contributed by atoms with E-state index in [0.717, 1.165) is 10.4 Å². The predicted molar refractivity (Wildman–Crippen MR) is 127 cm³/mol. The largest absolute Gasteiger partial charge is 0.382 e. The quantitative estimate of drug-likeness (QED) is 0.427. The van der Waals surface area contributed by atoms with Crippen molar-refractivity contribution in [2.24, 2.45) is 0 Å². The molecule has 0 heterocycles. The topological polar surface area (TPSA) is 41.5 Å². The molecule has 0 amide bonds. The first-order valence-electron chi connectivity index (χ1n) is 10.6. The molecular weight excluding hydrogens is 386 g/mol. The monoisotopic (exact) mass is 419 g/mol. The molecule has 0 aromatic heterocycles. The van der Waals surface area contributed by atoms with Gasteiger partial charge in [0.15, 0.2) is 6.29 Å². The maximum atomic E-state index is 11.2. The van der Waals surface area contributed by atoms with E-state index in [1.54, 1.807) is 0 Å². The Hall–Kier alpha value is -2.24. The fourth-order valence-electron chi connectivity index (χ4n) is 3.95. The summed E-state index contributed by atoms with van der Waals surface area (Å²) >= 11 is 0. The molecule has 0 aliphatic heterocycles. The van der Waals surface area contributed by atoms with Crippen LogP contribution in [0.4, 0.5) is 0 Å². The normalized spacial score (nSPS) is 14.3. The van der Waals surface area contributed by atoms with Gasteiger partial charge in [0.2, 0.25) is 0 Å². The molecule has 0 fully saturated rings. The zero-order valence-electron chi connectivity index (χ0n) is 18.4. The minimum absolute atomic E-state index is 0.171. The van der Waals surface area contributed by atoms with Crippen LogP contribution < -0.4 is 15.7 Å². The second-order valence-electron chi connectivity index (χ2n) is 8.83. The third-order valence-electron chi connectivity index (χ3n) is 5.61. The Bertz CT molecular complexity index is 855. The molecule has 2 atom stereocenters. The van der Waals surface area contributed by atoms with E-state index in [4.69, 9.17) is 4.43 Å². The first-order valence-corrected chi connectivity index (χ1v) is 12.5. The lowest BCUT2D eigenvalue weighted by Gasteiger charge is -2.45. The number of hydrogen-bond acceptors (Lipinski definition) is 3. The van der Waals surface area contributed by atoms with Crippen molar-refractivity contribution in [1.82, 2.24) is 5.32 Å². The van der Waals surface area contributed by atoms with Gasteiger partial charge >= 0.3 is 0 Å². The Balaban J connectivity index is 1.92. The zero-order valence-corrected chi connectivity index (χ0v) is 19.4. The molecule has 3 nitrogen and oxygen atoms in total. The summed E-state index contributed by atoms with van der Waals surface area (Å²) in [7, 11) is -2.77. The smallest absolute Gasteiger partial charge is 0.264 e. The molecule has 0 bridgehead atoms. The van der Waals surface area contributed by atoms with E-state index < -0.39 is 14.6 Å². The highest BCUT2D eigenvalue weighted by Gasteiger charge is 2.51. The van der Waals surface area contributed by atoms with E-state index in [2.05, 4.69) is 86.8 Å². The van der Waals surface area contributed by atoms with Gasteiger partial charge in [0, 0.05) is 6.54 Å². The van der Waals surface area contributed by atoms with Crippen LogP contribution in [0.25, 0.3) is 0 Å². The summed E-state index contributed by atoms with van der Waals surface area (Å²) in [4.78, 5) is 0. The van der Waals surface area contributed by atoms with Crippen molar-refractivity contribution in [2.75, 3.05) is 0 Å². The molecule has 0 aliphatic carbocycles. The van der Waals surface area contributed by atoms with Gasteiger partial charge in [0.05, 0.1) is 6.04 Å². The van der Waals surface area contributed by atoms with E-state index >= 15 is 0 Å². The second-order valence-corrected chi connectivity index (χ2v) is 13.1. The van der Waals surface area contributed by atoms with E-state index in [1.807, 2.05) is 37.3 Å². The van der Waals surface area contributed by atoms with Gasteiger partial charge in [-0.05, 0) is 27.9 Å². The number of nitrogens with one attached hydrogen (secondary N) is 1. The Kier molecular flexibility index (Phi) is 7.26. The number of rotatable bonds is 8. The van der Waals surface area contributed by atoms with Gasteiger partial charge in [-0.25, -0.2) is 0 Å². The second kappa shape index (κ2) is 9.71. The first kappa shape index (κ1) is 22.4. The zero-order chi connectivity index (χ0) is 21.6. The molecule has 0 saturated carbocycles. The molecule has 3 rings (SSSR count). The standard InChI is InChI=1S/C26H33NO2Si/c1-21(27-20-22-14-8-5-9-15-22)25(28)29-30(26(2,3)4,23-16-10-6-11-17-23)24-18-12-7-13-19-24/h5-19,21,25,27-28H,20H2,1-4H3. The number of benzene rings is 3. The summed E-state index contributed by atoms with van der Waals surface area (Å²) in [6.45, 7) is 9.31. The summed E-state index contributed by atoms with van der Waals surface area (Å²) in [5.41, 5.74) is 1.18. The third kappa shape index (κ3) is 4.90. The van der Waals surface area contributed by atoms with Crippen molar-refractivity contribution in [1.29, 1.82) is 0 Å². The highest BCUT2D eigenvalue weighted by molar-refractivity contribution is 6.99. The SMILES string of the molecule is CC(NCc1ccccc1)C(O)O[Si](c1ccccc1)(c1ccccc1)C(C)(C)C. The highest BCUT2D eigenvalue weighted by atomic mass is 28.4. The van der Waals surface area contributed by atoms with Crippen molar-refractivity contribution < 1.29 is 9.53 Å². The van der Waals surface area contributed by atoms with Gasteiger partial charge in [-0.15, -0.1) is 0 Å². The Morgan fingerprint density at radius 1 is 0.800 bits per heavy atom. The molecular formula is C26H33NO2Si. The average Bonchev–Trinajstić information content (AvgIpc) is 2.76. The average molecular weight is 420 g/mol. The summed E-state index contributed by atoms with van der Waals surface area (Å²) in [6.07, 6.45) is -0.931. The van der Waals surface area contributed by atoms with Crippen LogP contribution in [0.15, 0.2) is 91.0 Å². The molecule has 0 aliphatic rings. The van der Waals surface area contributed by atoms with Crippen molar-refractivity contribution in [3.05, 3.63) is 96.6 Å². The van der Waals surface area contributed by atoms with Gasteiger partial charge in [-0.1, -0.05) is 112 Å². The van der Waals surface area contributed by atoms with Crippen LogP contribution in [0, 0.1) is 0 Å². The molecule has 4 heteroatoms. The number of hydrogen-bond donors (Lipinski definition) is 2. The summed E-state index contributed by atoms with van der Waals surface area (Å²) in [5.74, 6) is 0. The van der Waals surface area contributed by atoms with Gasteiger partial charge in [-0.2, -0.15) is 0 Å². The van der Waals surface area contributed by atoms with Gasteiger partial charge < -0.3 is 14.8 Å². The van der Waals surface area contributed by atoms with Gasteiger partial charge in [0.25, 0.3) is 8.32 Å². The van der Waals surface area contributed by atoms with Crippen LogP contribution in [0.2, 0.25) is 5.04 Å². The molecule has 0 spiro atoms. The van der Waals surface area contributed by atoms with E-state index in [1.165, 1.54) is 5.56 Å². The maximum absolute atomic E-state index is 11.2. The van der Waals surface area contributed by atoms with Crippen LogP contribution in [-0.2, 0) is 11.0 Å². The van der Waals surface area contributed by atoms with Crippen LogP contribution >= 0.6 is 0 Å². The molecule has 0 saturated heterocycles. The van der Waals surface area contributed by atoms with Crippen molar-refractivity contribution in [3.8, 4) is 0 Å².